The second-order valence-corrected chi connectivity index (χ2v) is 17.2. The smallest absolute Gasteiger partial charge is 0.302 e. The van der Waals surface area contributed by atoms with Crippen molar-refractivity contribution in [1.29, 1.82) is 0 Å². The Labute approximate surface area is 276 Å². The van der Waals surface area contributed by atoms with Crippen molar-refractivity contribution in [3.8, 4) is 0 Å². The van der Waals surface area contributed by atoms with Gasteiger partial charge in [0, 0.05) is 50.4 Å². The van der Waals surface area contributed by atoms with E-state index in [1.54, 1.807) is 0 Å². The van der Waals surface area contributed by atoms with Crippen molar-refractivity contribution in [2.24, 2.45) is 56.7 Å². The van der Waals surface area contributed by atoms with Crippen LogP contribution in [0.1, 0.15) is 121 Å². The molecule has 0 saturated heterocycles. The fourth-order valence-corrected chi connectivity index (χ4v) is 12.4. The molecule has 4 fully saturated rings. The number of esters is 4. The van der Waals surface area contributed by atoms with E-state index in [9.17, 15) is 19.2 Å². The van der Waals surface area contributed by atoms with E-state index in [1.165, 1.54) is 33.3 Å². The van der Waals surface area contributed by atoms with E-state index in [0.29, 0.717) is 18.9 Å². The average Bonchev–Trinajstić information content (AvgIpc) is 3.25. The molecule has 0 aliphatic heterocycles. The van der Waals surface area contributed by atoms with Crippen molar-refractivity contribution in [3.63, 3.8) is 0 Å². The Morgan fingerprint density at radius 1 is 0.783 bits per heavy atom. The van der Waals surface area contributed by atoms with E-state index >= 15 is 0 Å². The van der Waals surface area contributed by atoms with Gasteiger partial charge in [-0.15, -0.1) is 0 Å². The highest BCUT2D eigenvalue weighted by Crippen LogP contribution is 2.77. The second kappa shape index (κ2) is 11.6. The van der Waals surface area contributed by atoms with Crippen LogP contribution in [-0.2, 0) is 38.1 Å². The standard InChI is InChI=1S/C38H58O8/c1-21(2)27-18-29(45-24(5)41)33-37(11)15-12-26-32(36(37,10)16-17-38(27,33)20-43-22(3)39)28(44-23(4)40)19-30-34(7,8)31(46-25(6)42)13-14-35(26,30)9/h12,21,27-33H,13-20H2,1-11H3/t27-,28-,29+,30-,31-,32-,33+,35+,36-,37+,38+/m0/s1. The molecule has 0 radical (unpaired) electrons. The van der Waals surface area contributed by atoms with E-state index in [1.807, 2.05) is 0 Å². The molecule has 0 bridgehead atoms. The first kappa shape index (κ1) is 34.9. The van der Waals surface area contributed by atoms with E-state index in [2.05, 4.69) is 54.5 Å². The molecular formula is C38H58O8. The molecule has 0 spiro atoms. The van der Waals surface area contributed by atoms with Gasteiger partial charge in [-0.25, -0.2) is 0 Å². The zero-order valence-electron chi connectivity index (χ0n) is 30.1. The Hall–Kier alpha value is -2.38. The summed E-state index contributed by atoms with van der Waals surface area (Å²) in [6.45, 7) is 22.3. The topological polar surface area (TPSA) is 105 Å². The predicted molar refractivity (Wildman–Crippen MR) is 173 cm³/mol. The average molecular weight is 643 g/mol. The van der Waals surface area contributed by atoms with Crippen LogP contribution in [0.3, 0.4) is 0 Å². The van der Waals surface area contributed by atoms with Gasteiger partial charge in [-0.2, -0.15) is 0 Å². The molecule has 258 valence electrons. The highest BCUT2D eigenvalue weighted by molar-refractivity contribution is 5.67. The summed E-state index contributed by atoms with van der Waals surface area (Å²) in [5.74, 6) is -0.470. The van der Waals surface area contributed by atoms with Crippen molar-refractivity contribution in [2.45, 2.75) is 139 Å². The minimum absolute atomic E-state index is 0.0136. The minimum atomic E-state index is -0.336. The van der Waals surface area contributed by atoms with Crippen molar-refractivity contribution in [2.75, 3.05) is 6.61 Å². The number of rotatable bonds is 6. The number of hydrogen-bond acceptors (Lipinski definition) is 8. The van der Waals surface area contributed by atoms with Gasteiger partial charge >= 0.3 is 23.9 Å². The van der Waals surface area contributed by atoms with Crippen LogP contribution in [0.25, 0.3) is 0 Å². The summed E-state index contributed by atoms with van der Waals surface area (Å²) in [5, 5.41) is 0. The molecule has 0 aromatic rings. The monoisotopic (exact) mass is 642 g/mol. The van der Waals surface area contributed by atoms with Crippen LogP contribution < -0.4 is 0 Å². The van der Waals surface area contributed by atoms with Gasteiger partial charge in [-0.1, -0.05) is 60.1 Å². The van der Waals surface area contributed by atoms with Gasteiger partial charge in [0.05, 0.1) is 6.61 Å². The molecule has 0 aromatic carbocycles. The number of hydrogen-bond donors (Lipinski definition) is 0. The highest BCUT2D eigenvalue weighted by atomic mass is 16.6. The van der Waals surface area contributed by atoms with Crippen LogP contribution in [0.2, 0.25) is 0 Å². The van der Waals surface area contributed by atoms with Gasteiger partial charge in [-0.3, -0.25) is 19.2 Å². The Balaban J connectivity index is 1.67. The molecule has 5 aliphatic carbocycles. The van der Waals surface area contributed by atoms with Crippen LogP contribution >= 0.6 is 0 Å². The summed E-state index contributed by atoms with van der Waals surface area (Å²) in [6, 6.07) is 0. The summed E-state index contributed by atoms with van der Waals surface area (Å²) in [5.41, 5.74) is -0.0246. The lowest BCUT2D eigenvalue weighted by atomic mass is 9.35. The molecule has 0 amide bonds. The molecule has 8 heteroatoms. The van der Waals surface area contributed by atoms with Gasteiger partial charge in [0.2, 0.25) is 0 Å². The zero-order valence-corrected chi connectivity index (χ0v) is 30.1. The lowest BCUT2D eigenvalue weighted by Gasteiger charge is -2.70. The van der Waals surface area contributed by atoms with Gasteiger partial charge < -0.3 is 18.9 Å². The van der Waals surface area contributed by atoms with Crippen LogP contribution in [0.5, 0.6) is 0 Å². The van der Waals surface area contributed by atoms with E-state index in [-0.39, 0.29) is 92.9 Å². The summed E-state index contributed by atoms with van der Waals surface area (Å²) in [6.07, 6.45) is 7.27. The Morgan fingerprint density at radius 3 is 1.96 bits per heavy atom. The van der Waals surface area contributed by atoms with Crippen LogP contribution in [0, 0.1) is 56.7 Å². The zero-order chi connectivity index (χ0) is 34.2. The number of carbonyl (C=O) groups excluding carboxylic acids is 4. The van der Waals surface area contributed by atoms with Crippen LogP contribution in [-0.4, -0.2) is 48.8 Å². The second-order valence-electron chi connectivity index (χ2n) is 17.2. The van der Waals surface area contributed by atoms with Gasteiger partial charge in [0.1, 0.15) is 18.3 Å². The third-order valence-electron chi connectivity index (χ3n) is 14.3. The van der Waals surface area contributed by atoms with Crippen molar-refractivity contribution >= 4 is 23.9 Å². The summed E-state index contributed by atoms with van der Waals surface area (Å²) in [4.78, 5) is 49.8. The third-order valence-corrected chi connectivity index (χ3v) is 14.3. The number of allylic oxidation sites excluding steroid dienone is 1. The number of carbonyl (C=O) groups is 4. The SMILES string of the molecule is CC(=O)OC[C@@]12CC[C@@]3(C)[C@H]4C(=CC[C@]3(C)[C@H]1[C@H](OC(C)=O)C[C@H]2C(C)C)[C@@]1(C)CC[C@H](OC(C)=O)C(C)(C)[C@@H]1C[C@@H]4OC(C)=O. The Kier molecular flexibility index (Phi) is 8.85. The summed E-state index contributed by atoms with van der Waals surface area (Å²) in [7, 11) is 0. The van der Waals surface area contributed by atoms with Crippen molar-refractivity contribution < 1.29 is 38.1 Å². The fraction of sp³-hybridized carbons (Fsp3) is 0.842. The lowest BCUT2D eigenvalue weighted by Crippen LogP contribution is -2.67. The predicted octanol–water partition coefficient (Wildman–Crippen LogP) is 7.22. The van der Waals surface area contributed by atoms with Crippen LogP contribution in [0.15, 0.2) is 11.6 Å². The molecule has 5 aliphatic rings. The largest absolute Gasteiger partial charge is 0.465 e. The van der Waals surface area contributed by atoms with Crippen LogP contribution in [0.4, 0.5) is 0 Å². The van der Waals surface area contributed by atoms with Gasteiger partial charge in [0.25, 0.3) is 0 Å². The van der Waals surface area contributed by atoms with E-state index in [0.717, 1.165) is 38.5 Å². The molecular weight excluding hydrogens is 584 g/mol. The third kappa shape index (κ3) is 5.14. The normalized spacial score (nSPS) is 44.0. The van der Waals surface area contributed by atoms with E-state index < -0.39 is 0 Å². The molecule has 4 saturated carbocycles. The quantitative estimate of drug-likeness (QED) is 0.170. The summed E-state index contributed by atoms with van der Waals surface area (Å²) >= 11 is 0. The fourth-order valence-electron chi connectivity index (χ4n) is 12.4. The maximum Gasteiger partial charge on any atom is 0.302 e. The maximum atomic E-state index is 12.8. The van der Waals surface area contributed by atoms with Crippen molar-refractivity contribution in [1.82, 2.24) is 0 Å². The molecule has 0 aromatic heterocycles. The van der Waals surface area contributed by atoms with Crippen molar-refractivity contribution in [3.05, 3.63) is 11.6 Å². The molecule has 46 heavy (non-hydrogen) atoms. The van der Waals surface area contributed by atoms with Gasteiger partial charge in [0.15, 0.2) is 0 Å². The number of fused-ring (bicyclic) bond motifs is 7. The molecule has 0 unspecified atom stereocenters. The molecule has 5 rings (SSSR count). The molecule has 0 N–H and O–H groups in total. The first-order valence-electron chi connectivity index (χ1n) is 17.6. The maximum absolute atomic E-state index is 12.8. The van der Waals surface area contributed by atoms with Gasteiger partial charge in [-0.05, 0) is 78.9 Å². The first-order valence-corrected chi connectivity index (χ1v) is 17.6. The molecule has 0 heterocycles. The number of ether oxygens (including phenoxy) is 4. The molecule has 11 atom stereocenters. The lowest BCUT2D eigenvalue weighted by molar-refractivity contribution is -0.225. The summed E-state index contributed by atoms with van der Waals surface area (Å²) < 4.78 is 24.4. The highest BCUT2D eigenvalue weighted by Gasteiger charge is 2.74. The first-order chi connectivity index (χ1) is 21.2. The minimum Gasteiger partial charge on any atom is -0.465 e. The molecule has 8 nitrogen and oxygen atoms in total. The Morgan fingerprint density at radius 2 is 1.39 bits per heavy atom. The van der Waals surface area contributed by atoms with E-state index in [4.69, 9.17) is 18.9 Å². The Bertz CT molecular complexity index is 1300.